The van der Waals surface area contributed by atoms with Gasteiger partial charge in [0.05, 0.1) is 13.0 Å². The average molecular weight is 258 g/mol. The number of Topliss-reactive ketones (excluding diaryl/α,β-unsaturated/α-hetero) is 1. The molecular formula is C14H14N2O3. The molecule has 0 aliphatic heterocycles. The summed E-state index contributed by atoms with van der Waals surface area (Å²) in [6.07, 6.45) is 2.32. The highest BCUT2D eigenvalue weighted by Gasteiger charge is 2.31. The van der Waals surface area contributed by atoms with Gasteiger partial charge in [0, 0.05) is 12.0 Å². The van der Waals surface area contributed by atoms with Crippen LogP contribution in [0, 0.1) is 0 Å². The van der Waals surface area contributed by atoms with Crippen LogP contribution in [0.1, 0.15) is 31.1 Å². The fourth-order valence-electron chi connectivity index (χ4n) is 2.33. The van der Waals surface area contributed by atoms with E-state index in [0.717, 1.165) is 24.2 Å². The third kappa shape index (κ3) is 2.23. The van der Waals surface area contributed by atoms with Gasteiger partial charge in [-0.1, -0.05) is 17.3 Å². The number of aromatic nitrogens is 2. The number of rotatable bonds is 3. The minimum Gasteiger partial charge on any atom is -0.497 e. The smallest absolute Gasteiger partial charge is 0.237 e. The fourth-order valence-corrected chi connectivity index (χ4v) is 2.33. The highest BCUT2D eigenvalue weighted by molar-refractivity contribution is 5.86. The normalized spacial score (nSPS) is 18.8. The van der Waals surface area contributed by atoms with Crippen LogP contribution in [0.3, 0.4) is 0 Å². The number of carbonyl (C=O) groups is 1. The molecule has 0 N–H and O–H groups in total. The zero-order valence-corrected chi connectivity index (χ0v) is 10.6. The molecule has 19 heavy (non-hydrogen) atoms. The first-order valence-corrected chi connectivity index (χ1v) is 6.28. The Labute approximate surface area is 110 Å². The molecule has 0 amide bonds. The molecule has 1 aliphatic rings. The molecule has 2 aromatic rings. The number of methoxy groups -OCH3 is 1. The van der Waals surface area contributed by atoms with Crippen molar-refractivity contribution in [3.05, 3.63) is 30.2 Å². The van der Waals surface area contributed by atoms with Crippen molar-refractivity contribution in [1.29, 1.82) is 0 Å². The third-order valence-corrected chi connectivity index (χ3v) is 3.37. The highest BCUT2D eigenvalue weighted by atomic mass is 16.5. The molecule has 0 radical (unpaired) electrons. The van der Waals surface area contributed by atoms with E-state index in [1.807, 2.05) is 24.3 Å². The van der Waals surface area contributed by atoms with E-state index in [4.69, 9.17) is 9.26 Å². The molecule has 5 heteroatoms. The number of hydrogen-bond donors (Lipinski definition) is 0. The summed E-state index contributed by atoms with van der Waals surface area (Å²) < 4.78 is 10.4. The lowest BCUT2D eigenvalue weighted by Gasteiger charge is -2.00. The van der Waals surface area contributed by atoms with Gasteiger partial charge >= 0.3 is 0 Å². The first-order valence-electron chi connectivity index (χ1n) is 6.28. The molecule has 5 nitrogen and oxygen atoms in total. The Kier molecular flexibility index (Phi) is 3.03. The van der Waals surface area contributed by atoms with Crippen molar-refractivity contribution in [1.82, 2.24) is 10.1 Å². The number of carbonyl (C=O) groups excluding carboxylic acids is 1. The number of benzene rings is 1. The van der Waals surface area contributed by atoms with Crippen LogP contribution in [0.4, 0.5) is 0 Å². The molecule has 0 bridgehead atoms. The SMILES string of the molecule is COc1cccc(-c2noc(C3CCCC3=O)n2)c1. The molecule has 1 saturated carbocycles. The molecular weight excluding hydrogens is 244 g/mol. The van der Waals surface area contributed by atoms with Crippen LogP contribution in [0.25, 0.3) is 11.4 Å². The molecule has 1 aromatic carbocycles. The van der Waals surface area contributed by atoms with Gasteiger partial charge in [0.15, 0.2) is 0 Å². The second-order valence-electron chi connectivity index (χ2n) is 4.60. The van der Waals surface area contributed by atoms with Gasteiger partial charge in [-0.25, -0.2) is 0 Å². The summed E-state index contributed by atoms with van der Waals surface area (Å²) in [6.45, 7) is 0. The summed E-state index contributed by atoms with van der Waals surface area (Å²) in [6, 6.07) is 7.44. The molecule has 98 valence electrons. The molecule has 1 aliphatic carbocycles. The summed E-state index contributed by atoms with van der Waals surface area (Å²) in [5.74, 6) is 1.64. The van der Waals surface area contributed by atoms with Crippen molar-refractivity contribution in [3.63, 3.8) is 0 Å². The fraction of sp³-hybridized carbons (Fsp3) is 0.357. The van der Waals surface area contributed by atoms with Gasteiger partial charge < -0.3 is 9.26 Å². The van der Waals surface area contributed by atoms with Crippen molar-refractivity contribution < 1.29 is 14.1 Å². The van der Waals surface area contributed by atoms with Gasteiger partial charge in [-0.3, -0.25) is 4.79 Å². The number of ether oxygens (including phenoxy) is 1. The second kappa shape index (κ2) is 4.84. The van der Waals surface area contributed by atoms with E-state index < -0.39 is 0 Å². The van der Waals surface area contributed by atoms with Gasteiger partial charge in [-0.05, 0) is 25.0 Å². The predicted octanol–water partition coefficient (Wildman–Crippen LogP) is 2.58. The topological polar surface area (TPSA) is 65.2 Å². The Balaban J connectivity index is 1.90. The van der Waals surface area contributed by atoms with Crippen molar-refractivity contribution in [2.24, 2.45) is 0 Å². The summed E-state index contributed by atoms with van der Waals surface area (Å²) in [5.41, 5.74) is 0.819. The third-order valence-electron chi connectivity index (χ3n) is 3.37. The van der Waals surface area contributed by atoms with Crippen LogP contribution in [0.15, 0.2) is 28.8 Å². The van der Waals surface area contributed by atoms with Gasteiger partial charge in [0.1, 0.15) is 11.5 Å². The molecule has 3 rings (SSSR count). The largest absolute Gasteiger partial charge is 0.497 e. The van der Waals surface area contributed by atoms with E-state index in [1.165, 1.54) is 0 Å². The maximum Gasteiger partial charge on any atom is 0.237 e. The van der Waals surface area contributed by atoms with Crippen molar-refractivity contribution in [2.75, 3.05) is 7.11 Å². The van der Waals surface area contributed by atoms with Crippen LogP contribution >= 0.6 is 0 Å². The van der Waals surface area contributed by atoms with E-state index in [9.17, 15) is 4.79 Å². The monoisotopic (exact) mass is 258 g/mol. The van der Waals surface area contributed by atoms with Gasteiger partial charge in [-0.2, -0.15) is 4.98 Å². The lowest BCUT2D eigenvalue weighted by atomic mass is 10.1. The molecule has 1 aromatic heterocycles. The van der Waals surface area contributed by atoms with E-state index in [2.05, 4.69) is 10.1 Å². The molecule has 0 spiro atoms. The maximum absolute atomic E-state index is 11.7. The maximum atomic E-state index is 11.7. The lowest BCUT2D eigenvalue weighted by molar-refractivity contribution is -0.119. The van der Waals surface area contributed by atoms with Crippen LogP contribution in [0.5, 0.6) is 5.75 Å². The zero-order valence-electron chi connectivity index (χ0n) is 10.6. The van der Waals surface area contributed by atoms with E-state index in [1.54, 1.807) is 7.11 Å². The Hall–Kier alpha value is -2.17. The highest BCUT2D eigenvalue weighted by Crippen LogP contribution is 2.31. The summed E-state index contributed by atoms with van der Waals surface area (Å²) in [7, 11) is 1.61. The number of nitrogens with zero attached hydrogens (tertiary/aromatic N) is 2. The van der Waals surface area contributed by atoms with Crippen molar-refractivity contribution >= 4 is 5.78 Å². The minimum absolute atomic E-state index is 0.195. The van der Waals surface area contributed by atoms with Crippen LogP contribution in [-0.4, -0.2) is 23.0 Å². The molecule has 1 heterocycles. The van der Waals surface area contributed by atoms with Crippen LogP contribution < -0.4 is 4.74 Å². The van der Waals surface area contributed by atoms with E-state index in [0.29, 0.717) is 18.1 Å². The van der Waals surface area contributed by atoms with E-state index in [-0.39, 0.29) is 11.7 Å². The molecule has 0 saturated heterocycles. The van der Waals surface area contributed by atoms with Gasteiger partial charge in [-0.15, -0.1) is 0 Å². The number of ketones is 1. The van der Waals surface area contributed by atoms with E-state index >= 15 is 0 Å². The van der Waals surface area contributed by atoms with Crippen molar-refractivity contribution in [3.8, 4) is 17.1 Å². The Bertz CT molecular complexity index is 606. The molecule has 1 unspecified atom stereocenters. The van der Waals surface area contributed by atoms with Gasteiger partial charge in [0.2, 0.25) is 11.7 Å². The second-order valence-corrected chi connectivity index (χ2v) is 4.60. The predicted molar refractivity (Wildman–Crippen MR) is 67.9 cm³/mol. The molecule has 1 fully saturated rings. The van der Waals surface area contributed by atoms with Crippen molar-refractivity contribution in [2.45, 2.75) is 25.2 Å². The Morgan fingerprint density at radius 3 is 3.05 bits per heavy atom. The van der Waals surface area contributed by atoms with Crippen LogP contribution in [-0.2, 0) is 4.79 Å². The average Bonchev–Trinajstić information content (AvgIpc) is 3.07. The molecule has 1 atom stereocenters. The quantitative estimate of drug-likeness (QED) is 0.846. The summed E-state index contributed by atoms with van der Waals surface area (Å²) in [4.78, 5) is 16.0. The summed E-state index contributed by atoms with van der Waals surface area (Å²) >= 11 is 0. The zero-order chi connectivity index (χ0) is 13.2. The lowest BCUT2D eigenvalue weighted by Crippen LogP contribution is -2.04. The Morgan fingerprint density at radius 1 is 1.42 bits per heavy atom. The summed E-state index contributed by atoms with van der Waals surface area (Å²) in [5, 5.41) is 3.95. The number of hydrogen-bond acceptors (Lipinski definition) is 5. The standard InChI is InChI=1S/C14H14N2O3/c1-18-10-5-2-4-9(8-10)13-15-14(19-16-13)11-6-3-7-12(11)17/h2,4-5,8,11H,3,6-7H2,1H3. The minimum atomic E-state index is -0.216. The van der Waals surface area contributed by atoms with Crippen LogP contribution in [0.2, 0.25) is 0 Å². The first kappa shape index (κ1) is 11.9. The van der Waals surface area contributed by atoms with Gasteiger partial charge in [0.25, 0.3) is 0 Å². The Morgan fingerprint density at radius 2 is 2.32 bits per heavy atom. The first-order chi connectivity index (χ1) is 9.28.